The number of hydrogen-bond donors (Lipinski definition) is 2. The maximum atomic E-state index is 11.6. The minimum absolute atomic E-state index is 0.229. The molecule has 138 valence electrons. The van der Waals surface area contributed by atoms with Gasteiger partial charge in [0.25, 0.3) is 0 Å². The number of amides is 2. The first-order chi connectivity index (χ1) is 12.5. The Kier molecular flexibility index (Phi) is 7.64. The summed E-state index contributed by atoms with van der Waals surface area (Å²) in [5.41, 5.74) is 6.80. The number of nitrogens with zero attached hydrogens (tertiary/aromatic N) is 2. The van der Waals surface area contributed by atoms with Crippen molar-refractivity contribution in [3.8, 4) is 0 Å². The molecule has 0 saturated carbocycles. The third-order valence-electron chi connectivity index (χ3n) is 3.52. The number of hydrogen-bond acceptors (Lipinski definition) is 4. The number of nitrogens with one attached hydrogen (secondary N) is 2. The zero-order valence-electron chi connectivity index (χ0n) is 15.5. The Morgan fingerprint density at radius 3 is 2.46 bits per heavy atom. The number of hydrazine groups is 1. The van der Waals surface area contributed by atoms with Crippen molar-refractivity contribution >= 4 is 11.7 Å². The fourth-order valence-electron chi connectivity index (χ4n) is 2.39. The van der Waals surface area contributed by atoms with Gasteiger partial charge < -0.3 is 10.2 Å². The molecule has 2 amide bonds. The van der Waals surface area contributed by atoms with Gasteiger partial charge in [0.15, 0.2) is 0 Å². The molecule has 0 aliphatic carbocycles. The Hall–Kier alpha value is -2.86. The molecule has 0 bridgehead atoms. The molecule has 26 heavy (non-hydrogen) atoms. The molecule has 0 unspecified atom stereocenters. The van der Waals surface area contributed by atoms with E-state index in [1.165, 1.54) is 0 Å². The second kappa shape index (κ2) is 10.2. The van der Waals surface area contributed by atoms with E-state index in [1.54, 1.807) is 19.1 Å². The zero-order valence-corrected chi connectivity index (χ0v) is 15.5. The summed E-state index contributed by atoms with van der Waals surface area (Å²) in [6.07, 6.45) is 0.701. The van der Waals surface area contributed by atoms with E-state index in [-0.39, 0.29) is 6.03 Å². The number of carbonyl (C=O) groups is 1. The summed E-state index contributed by atoms with van der Waals surface area (Å²) in [6, 6.07) is 17.8. The van der Waals surface area contributed by atoms with Crippen LogP contribution in [0, 0.1) is 0 Å². The largest absolute Gasteiger partial charge is 0.391 e. The lowest BCUT2D eigenvalue weighted by Gasteiger charge is -2.13. The number of benzene rings is 2. The summed E-state index contributed by atoms with van der Waals surface area (Å²) in [6.45, 7) is 2.87. The van der Waals surface area contributed by atoms with Crippen LogP contribution >= 0.6 is 0 Å². The van der Waals surface area contributed by atoms with E-state index in [0.717, 1.165) is 22.4 Å². The standard InChI is InChI=1S/C20H26N4O2/c1-16(23-26-15-17-8-5-4-6-9-17)12-18-10-7-11-19(13-18)14-21-20(25)22-24(2)3/h4-11,13H,12,14-15H2,1-3H3,(H2,21,22,25). The van der Waals surface area contributed by atoms with Gasteiger partial charge in [0.1, 0.15) is 6.61 Å². The average Bonchev–Trinajstić information content (AvgIpc) is 2.61. The van der Waals surface area contributed by atoms with E-state index in [9.17, 15) is 4.79 Å². The van der Waals surface area contributed by atoms with Gasteiger partial charge in [-0.05, 0) is 23.6 Å². The van der Waals surface area contributed by atoms with Crippen LogP contribution in [0.25, 0.3) is 0 Å². The van der Waals surface area contributed by atoms with Crippen molar-refractivity contribution in [3.05, 3.63) is 71.3 Å². The third-order valence-corrected chi connectivity index (χ3v) is 3.52. The fourth-order valence-corrected chi connectivity index (χ4v) is 2.39. The van der Waals surface area contributed by atoms with Gasteiger partial charge in [0.05, 0.1) is 5.71 Å². The van der Waals surface area contributed by atoms with Crippen LogP contribution in [0.1, 0.15) is 23.6 Å². The van der Waals surface area contributed by atoms with Crippen LogP contribution in [-0.4, -0.2) is 30.8 Å². The number of carbonyl (C=O) groups excluding carboxylic acids is 1. The van der Waals surface area contributed by atoms with Crippen LogP contribution in [0.2, 0.25) is 0 Å². The molecule has 2 N–H and O–H groups in total. The quantitative estimate of drug-likeness (QED) is 0.565. The zero-order chi connectivity index (χ0) is 18.8. The Labute approximate surface area is 154 Å². The van der Waals surface area contributed by atoms with Crippen LogP contribution in [-0.2, 0) is 24.4 Å². The second-order valence-corrected chi connectivity index (χ2v) is 6.27. The highest BCUT2D eigenvalue weighted by atomic mass is 16.6. The summed E-state index contributed by atoms with van der Waals surface area (Å²) in [7, 11) is 3.53. The minimum Gasteiger partial charge on any atom is -0.391 e. The molecule has 0 heterocycles. The van der Waals surface area contributed by atoms with Gasteiger partial charge in [0, 0.05) is 27.1 Å². The van der Waals surface area contributed by atoms with Gasteiger partial charge in [-0.15, -0.1) is 0 Å². The topological polar surface area (TPSA) is 66.0 Å². The average molecular weight is 354 g/mol. The molecule has 2 aromatic rings. The van der Waals surface area contributed by atoms with Crippen molar-refractivity contribution in [2.75, 3.05) is 14.1 Å². The highest BCUT2D eigenvalue weighted by Crippen LogP contribution is 2.08. The molecule has 0 radical (unpaired) electrons. The Morgan fingerprint density at radius 1 is 1.04 bits per heavy atom. The van der Waals surface area contributed by atoms with Crippen molar-refractivity contribution in [1.29, 1.82) is 0 Å². The van der Waals surface area contributed by atoms with Crippen LogP contribution in [0.4, 0.5) is 4.79 Å². The summed E-state index contributed by atoms with van der Waals surface area (Å²) in [5.74, 6) is 0. The Balaban J connectivity index is 1.83. The molecule has 6 heteroatoms. The molecule has 2 aromatic carbocycles. The highest BCUT2D eigenvalue weighted by Gasteiger charge is 2.03. The van der Waals surface area contributed by atoms with Crippen molar-refractivity contribution in [3.63, 3.8) is 0 Å². The molecule has 0 atom stereocenters. The molecule has 0 spiro atoms. The van der Waals surface area contributed by atoms with Crippen LogP contribution in [0.5, 0.6) is 0 Å². The maximum Gasteiger partial charge on any atom is 0.329 e. The molecule has 0 aliphatic heterocycles. The smallest absolute Gasteiger partial charge is 0.329 e. The normalized spacial score (nSPS) is 11.3. The monoisotopic (exact) mass is 354 g/mol. The SMILES string of the molecule is CC(Cc1cccc(CNC(=O)NN(C)C)c1)=NOCc1ccccc1. The van der Waals surface area contributed by atoms with Gasteiger partial charge in [-0.2, -0.15) is 0 Å². The van der Waals surface area contributed by atoms with E-state index in [1.807, 2.05) is 55.5 Å². The highest BCUT2D eigenvalue weighted by molar-refractivity contribution is 5.83. The van der Waals surface area contributed by atoms with E-state index in [0.29, 0.717) is 19.6 Å². The van der Waals surface area contributed by atoms with Crippen molar-refractivity contribution < 1.29 is 9.63 Å². The lowest BCUT2D eigenvalue weighted by Crippen LogP contribution is -2.42. The van der Waals surface area contributed by atoms with Gasteiger partial charge in [-0.3, -0.25) is 5.43 Å². The summed E-state index contributed by atoms with van der Waals surface area (Å²) < 4.78 is 0. The van der Waals surface area contributed by atoms with Crippen LogP contribution in [0.3, 0.4) is 0 Å². The van der Waals surface area contributed by atoms with Gasteiger partial charge >= 0.3 is 6.03 Å². The molecular formula is C20H26N4O2. The first-order valence-corrected chi connectivity index (χ1v) is 8.52. The van der Waals surface area contributed by atoms with Crippen LogP contribution in [0.15, 0.2) is 59.8 Å². The predicted molar refractivity (Wildman–Crippen MR) is 104 cm³/mol. The van der Waals surface area contributed by atoms with E-state index in [4.69, 9.17) is 4.84 Å². The summed E-state index contributed by atoms with van der Waals surface area (Å²) in [4.78, 5) is 17.0. The lowest BCUT2D eigenvalue weighted by molar-refractivity contribution is 0.130. The lowest BCUT2D eigenvalue weighted by atomic mass is 10.1. The summed E-state index contributed by atoms with van der Waals surface area (Å²) >= 11 is 0. The molecule has 0 aromatic heterocycles. The van der Waals surface area contributed by atoms with E-state index in [2.05, 4.69) is 22.0 Å². The molecule has 6 nitrogen and oxygen atoms in total. The first-order valence-electron chi connectivity index (χ1n) is 8.52. The molecule has 0 fully saturated rings. The third kappa shape index (κ3) is 7.36. The summed E-state index contributed by atoms with van der Waals surface area (Å²) in [5, 5.41) is 8.60. The molecular weight excluding hydrogens is 328 g/mol. The fraction of sp³-hybridized carbons (Fsp3) is 0.300. The Bertz CT molecular complexity index is 730. The number of urea groups is 1. The maximum absolute atomic E-state index is 11.6. The predicted octanol–water partition coefficient (Wildman–Crippen LogP) is 3.10. The van der Waals surface area contributed by atoms with Gasteiger partial charge in [-0.25, -0.2) is 9.80 Å². The van der Waals surface area contributed by atoms with Gasteiger partial charge in [-0.1, -0.05) is 59.8 Å². The molecule has 0 aliphatic rings. The molecule has 0 saturated heterocycles. The van der Waals surface area contributed by atoms with E-state index >= 15 is 0 Å². The molecule has 2 rings (SSSR count). The first kappa shape index (κ1) is 19.5. The van der Waals surface area contributed by atoms with Crippen molar-refractivity contribution in [2.45, 2.75) is 26.5 Å². The van der Waals surface area contributed by atoms with Gasteiger partial charge in [0.2, 0.25) is 0 Å². The van der Waals surface area contributed by atoms with E-state index < -0.39 is 0 Å². The number of rotatable bonds is 8. The number of oxime groups is 1. The van der Waals surface area contributed by atoms with Crippen molar-refractivity contribution in [1.82, 2.24) is 15.8 Å². The Morgan fingerprint density at radius 2 is 1.73 bits per heavy atom. The van der Waals surface area contributed by atoms with Crippen LogP contribution < -0.4 is 10.7 Å². The second-order valence-electron chi connectivity index (χ2n) is 6.27. The minimum atomic E-state index is -0.229. The van der Waals surface area contributed by atoms with Crippen molar-refractivity contribution in [2.24, 2.45) is 5.16 Å².